The lowest BCUT2D eigenvalue weighted by Gasteiger charge is -2.23. The highest BCUT2D eigenvalue weighted by molar-refractivity contribution is 4.70. The molecule has 2 unspecified atom stereocenters. The number of rotatable bonds is 6. The minimum atomic E-state index is 0.745. The topological polar surface area (TPSA) is 12.0 Å². The van der Waals surface area contributed by atoms with E-state index in [2.05, 4.69) is 33.0 Å². The molecule has 0 radical (unpaired) electrons. The van der Waals surface area contributed by atoms with E-state index in [1.807, 2.05) is 0 Å². The summed E-state index contributed by atoms with van der Waals surface area (Å²) in [5.41, 5.74) is 0. The van der Waals surface area contributed by atoms with Crippen LogP contribution in [0.25, 0.3) is 0 Å². The molecule has 0 rings (SSSR count). The highest BCUT2D eigenvalue weighted by Gasteiger charge is 2.12. The molecule has 0 aromatic heterocycles. The van der Waals surface area contributed by atoms with E-state index in [-0.39, 0.29) is 0 Å². The van der Waals surface area contributed by atoms with Gasteiger partial charge in [-0.25, -0.2) is 0 Å². The first-order valence-corrected chi connectivity index (χ1v) is 4.99. The molecule has 0 saturated heterocycles. The van der Waals surface area contributed by atoms with Crippen molar-refractivity contribution < 1.29 is 0 Å². The molecule has 1 heteroatoms. The van der Waals surface area contributed by atoms with Crippen molar-refractivity contribution in [3.8, 4) is 0 Å². The molecule has 0 aromatic rings. The molecule has 0 fully saturated rings. The van der Waals surface area contributed by atoms with Crippen molar-refractivity contribution in [2.45, 2.75) is 53.0 Å². The van der Waals surface area contributed by atoms with Gasteiger partial charge in [0.25, 0.3) is 0 Å². The van der Waals surface area contributed by atoms with Gasteiger partial charge in [-0.15, -0.1) is 0 Å². The number of nitrogens with one attached hydrogen (secondary N) is 1. The summed E-state index contributed by atoms with van der Waals surface area (Å²) in [5.74, 6) is 0.829. The van der Waals surface area contributed by atoms with Crippen LogP contribution < -0.4 is 5.32 Å². The van der Waals surface area contributed by atoms with E-state index in [0.717, 1.165) is 18.5 Å². The van der Waals surface area contributed by atoms with Crippen molar-refractivity contribution in [1.29, 1.82) is 0 Å². The van der Waals surface area contributed by atoms with Crippen LogP contribution >= 0.6 is 0 Å². The molecule has 0 amide bonds. The van der Waals surface area contributed by atoms with Crippen molar-refractivity contribution >= 4 is 0 Å². The third kappa shape index (κ3) is 4.41. The smallest absolute Gasteiger partial charge is 0.00923 e. The summed E-state index contributed by atoms with van der Waals surface area (Å²) in [6, 6.07) is 0.745. The largest absolute Gasteiger partial charge is 0.314 e. The Balaban J connectivity index is 3.66. The van der Waals surface area contributed by atoms with Crippen LogP contribution in [0.4, 0.5) is 0 Å². The molecular weight excluding hydrogens is 134 g/mol. The van der Waals surface area contributed by atoms with Crippen LogP contribution in [0.5, 0.6) is 0 Å². The van der Waals surface area contributed by atoms with Crippen molar-refractivity contribution in [2.75, 3.05) is 6.54 Å². The summed E-state index contributed by atoms with van der Waals surface area (Å²) in [6.07, 6.45) is 3.91. The van der Waals surface area contributed by atoms with Crippen LogP contribution in [-0.2, 0) is 0 Å². The lowest BCUT2D eigenvalue weighted by molar-refractivity contribution is 0.351. The zero-order chi connectivity index (χ0) is 8.69. The van der Waals surface area contributed by atoms with Gasteiger partial charge in [-0.1, -0.05) is 40.5 Å². The lowest BCUT2D eigenvalue weighted by Crippen LogP contribution is -2.34. The Labute approximate surface area is 71.6 Å². The van der Waals surface area contributed by atoms with Crippen LogP contribution in [0.2, 0.25) is 0 Å². The highest BCUT2D eigenvalue weighted by atomic mass is 14.9. The van der Waals surface area contributed by atoms with Crippen LogP contribution in [0.1, 0.15) is 47.0 Å². The van der Waals surface area contributed by atoms with Crippen molar-refractivity contribution in [3.63, 3.8) is 0 Å². The normalized spacial score (nSPS) is 16.4. The minimum Gasteiger partial charge on any atom is -0.314 e. The fraction of sp³-hybridized carbons (Fsp3) is 1.00. The first-order valence-electron chi connectivity index (χ1n) is 4.99. The van der Waals surface area contributed by atoms with Gasteiger partial charge in [0.05, 0.1) is 0 Å². The average Bonchev–Trinajstić information content (AvgIpc) is 2.03. The Hall–Kier alpha value is -0.0400. The molecule has 0 heterocycles. The molecule has 0 aliphatic rings. The second-order valence-electron chi connectivity index (χ2n) is 3.34. The SMILES string of the molecule is CCCC(NCC)C(C)CC. The van der Waals surface area contributed by atoms with E-state index in [0.29, 0.717) is 0 Å². The molecule has 0 aliphatic carbocycles. The standard InChI is InChI=1S/C10H23N/c1-5-8-10(11-7-3)9(4)6-2/h9-11H,5-8H2,1-4H3. The average molecular weight is 157 g/mol. The third-order valence-electron chi connectivity index (χ3n) is 2.40. The van der Waals surface area contributed by atoms with E-state index in [4.69, 9.17) is 0 Å². The molecule has 0 bridgehead atoms. The number of hydrogen-bond donors (Lipinski definition) is 1. The van der Waals surface area contributed by atoms with Gasteiger partial charge in [-0.3, -0.25) is 0 Å². The molecule has 0 spiro atoms. The quantitative estimate of drug-likeness (QED) is 0.625. The summed E-state index contributed by atoms with van der Waals surface area (Å²) < 4.78 is 0. The van der Waals surface area contributed by atoms with Gasteiger partial charge >= 0.3 is 0 Å². The van der Waals surface area contributed by atoms with Crippen molar-refractivity contribution in [2.24, 2.45) is 5.92 Å². The predicted molar refractivity (Wildman–Crippen MR) is 51.8 cm³/mol. The fourth-order valence-corrected chi connectivity index (χ4v) is 1.45. The molecule has 0 aromatic carbocycles. The summed E-state index contributed by atoms with van der Waals surface area (Å²) >= 11 is 0. The maximum Gasteiger partial charge on any atom is 0.00923 e. The summed E-state index contributed by atoms with van der Waals surface area (Å²) in [5, 5.41) is 3.53. The van der Waals surface area contributed by atoms with Gasteiger partial charge in [0.15, 0.2) is 0 Å². The summed E-state index contributed by atoms with van der Waals surface area (Å²) in [4.78, 5) is 0. The first kappa shape index (κ1) is 11.0. The van der Waals surface area contributed by atoms with E-state index in [9.17, 15) is 0 Å². The Bertz CT molecular complexity index is 74.9. The second kappa shape index (κ2) is 6.66. The lowest BCUT2D eigenvalue weighted by atomic mass is 9.95. The van der Waals surface area contributed by atoms with Crippen LogP contribution in [0.3, 0.4) is 0 Å². The van der Waals surface area contributed by atoms with Crippen LogP contribution in [0, 0.1) is 5.92 Å². The van der Waals surface area contributed by atoms with Gasteiger partial charge < -0.3 is 5.32 Å². The Morgan fingerprint density at radius 1 is 1.18 bits per heavy atom. The van der Waals surface area contributed by atoms with Crippen molar-refractivity contribution in [1.82, 2.24) is 5.32 Å². The van der Waals surface area contributed by atoms with Gasteiger partial charge in [-0.05, 0) is 18.9 Å². The van der Waals surface area contributed by atoms with E-state index in [1.165, 1.54) is 19.3 Å². The predicted octanol–water partition coefficient (Wildman–Crippen LogP) is 2.81. The Morgan fingerprint density at radius 3 is 2.18 bits per heavy atom. The van der Waals surface area contributed by atoms with E-state index in [1.54, 1.807) is 0 Å². The fourth-order valence-electron chi connectivity index (χ4n) is 1.45. The molecule has 1 nitrogen and oxygen atoms in total. The summed E-state index contributed by atoms with van der Waals surface area (Å²) in [7, 11) is 0. The van der Waals surface area contributed by atoms with Gasteiger partial charge in [-0.2, -0.15) is 0 Å². The van der Waals surface area contributed by atoms with Gasteiger partial charge in [0, 0.05) is 6.04 Å². The molecule has 68 valence electrons. The molecule has 1 N–H and O–H groups in total. The van der Waals surface area contributed by atoms with Gasteiger partial charge in [0.1, 0.15) is 0 Å². The maximum atomic E-state index is 3.53. The van der Waals surface area contributed by atoms with Gasteiger partial charge in [0.2, 0.25) is 0 Å². The molecular formula is C10H23N. The van der Waals surface area contributed by atoms with E-state index < -0.39 is 0 Å². The highest BCUT2D eigenvalue weighted by Crippen LogP contribution is 2.12. The molecule has 11 heavy (non-hydrogen) atoms. The molecule has 0 aliphatic heterocycles. The maximum absolute atomic E-state index is 3.53. The number of hydrogen-bond acceptors (Lipinski definition) is 1. The van der Waals surface area contributed by atoms with Crippen LogP contribution in [0.15, 0.2) is 0 Å². The zero-order valence-corrected chi connectivity index (χ0v) is 8.48. The summed E-state index contributed by atoms with van der Waals surface area (Å²) in [6.45, 7) is 10.2. The third-order valence-corrected chi connectivity index (χ3v) is 2.40. The van der Waals surface area contributed by atoms with Crippen LogP contribution in [-0.4, -0.2) is 12.6 Å². The Kier molecular flexibility index (Phi) is 6.63. The second-order valence-corrected chi connectivity index (χ2v) is 3.34. The zero-order valence-electron chi connectivity index (χ0n) is 8.48. The molecule has 2 atom stereocenters. The van der Waals surface area contributed by atoms with E-state index >= 15 is 0 Å². The van der Waals surface area contributed by atoms with Crippen molar-refractivity contribution in [3.05, 3.63) is 0 Å². The Morgan fingerprint density at radius 2 is 1.82 bits per heavy atom. The first-order chi connectivity index (χ1) is 5.26. The molecule has 0 saturated carbocycles. The monoisotopic (exact) mass is 157 g/mol. The minimum absolute atomic E-state index is 0.745.